The van der Waals surface area contributed by atoms with Crippen LogP contribution in [0.5, 0.6) is 0 Å². The van der Waals surface area contributed by atoms with E-state index in [9.17, 15) is 19.2 Å². The monoisotopic (exact) mass is 384 g/mol. The van der Waals surface area contributed by atoms with Crippen LogP contribution in [0.15, 0.2) is 0 Å². The Bertz CT molecular complexity index is 586. The fourth-order valence-corrected chi connectivity index (χ4v) is 3.16. The van der Waals surface area contributed by atoms with Gasteiger partial charge in [-0.2, -0.15) is 0 Å². The van der Waals surface area contributed by atoms with Crippen molar-refractivity contribution in [2.75, 3.05) is 13.2 Å². The predicted molar refractivity (Wildman–Crippen MR) is 92.3 cm³/mol. The largest absolute Gasteiger partial charge is 0.462 e. The highest BCUT2D eigenvalue weighted by Gasteiger charge is 2.52. The van der Waals surface area contributed by atoms with Crippen molar-refractivity contribution in [2.24, 2.45) is 11.8 Å². The topological polar surface area (TPSA) is 105 Å². The average Bonchev–Trinajstić information content (AvgIpc) is 2.63. The molecule has 0 amide bonds. The second kappa shape index (κ2) is 9.19. The lowest BCUT2D eigenvalue weighted by atomic mass is 9.74. The summed E-state index contributed by atoms with van der Waals surface area (Å²) in [6.45, 7) is 5.36. The fraction of sp³-hybridized carbons (Fsp3) is 0.789. The fourth-order valence-electron chi connectivity index (χ4n) is 3.16. The molecule has 4 atom stereocenters. The lowest BCUT2D eigenvalue weighted by molar-refractivity contribution is -0.218. The molecule has 3 aliphatic rings. The number of carbonyl (C=O) groups excluding carboxylic acids is 4. The lowest BCUT2D eigenvalue weighted by Crippen LogP contribution is -2.57. The summed E-state index contributed by atoms with van der Waals surface area (Å²) >= 11 is 0. The number of hydrogen-bond donors (Lipinski definition) is 0. The van der Waals surface area contributed by atoms with E-state index in [2.05, 4.69) is 0 Å². The molecule has 2 saturated heterocycles. The Labute approximate surface area is 158 Å². The summed E-state index contributed by atoms with van der Waals surface area (Å²) < 4.78 is 20.7. The summed E-state index contributed by atoms with van der Waals surface area (Å²) in [5, 5.41) is 0. The Balaban J connectivity index is 1.62. The van der Waals surface area contributed by atoms with Gasteiger partial charge in [0.15, 0.2) is 0 Å². The molecule has 0 aromatic carbocycles. The minimum Gasteiger partial charge on any atom is -0.462 e. The highest BCUT2D eigenvalue weighted by atomic mass is 16.6. The summed E-state index contributed by atoms with van der Waals surface area (Å²) in [6.07, 6.45) is 1.85. The Morgan fingerprint density at radius 2 is 1.85 bits per heavy atom. The smallest absolute Gasteiger partial charge is 0.309 e. The molecule has 1 aliphatic carbocycles. The summed E-state index contributed by atoms with van der Waals surface area (Å²) in [7, 11) is 0. The Hall–Kier alpha value is -2.12. The first-order chi connectivity index (χ1) is 12.7. The van der Waals surface area contributed by atoms with Crippen LogP contribution in [0.25, 0.3) is 0 Å². The van der Waals surface area contributed by atoms with Crippen molar-refractivity contribution in [3.8, 4) is 0 Å². The molecule has 27 heavy (non-hydrogen) atoms. The third-order valence-corrected chi connectivity index (χ3v) is 5.25. The van der Waals surface area contributed by atoms with E-state index in [0.29, 0.717) is 19.3 Å². The van der Waals surface area contributed by atoms with Gasteiger partial charge in [-0.05, 0) is 26.2 Å². The van der Waals surface area contributed by atoms with Crippen LogP contribution in [0.3, 0.4) is 0 Å². The van der Waals surface area contributed by atoms with Crippen molar-refractivity contribution >= 4 is 23.9 Å². The van der Waals surface area contributed by atoms with E-state index in [4.69, 9.17) is 18.9 Å². The maximum absolute atomic E-state index is 12.0. The van der Waals surface area contributed by atoms with Crippen LogP contribution in [0.4, 0.5) is 0 Å². The van der Waals surface area contributed by atoms with Gasteiger partial charge in [0.25, 0.3) is 0 Å². The molecule has 8 nitrogen and oxygen atoms in total. The summed E-state index contributed by atoms with van der Waals surface area (Å²) in [5.41, 5.74) is -0.776. The van der Waals surface area contributed by atoms with Crippen LogP contribution >= 0.6 is 0 Å². The van der Waals surface area contributed by atoms with Gasteiger partial charge in [-0.3, -0.25) is 19.2 Å². The van der Waals surface area contributed by atoms with Crippen molar-refractivity contribution < 1.29 is 38.1 Å². The standard InChI is InChI=1S/C19H28O8/c1-4-12(2)17(22)25-10-9-24-15(20)5-6-16(21)26-14-11-13-7-8-19(14,3)27-18(13)23/h12-14H,4-11H2,1-3H3. The number of carbonyl (C=O) groups is 4. The predicted octanol–water partition coefficient (Wildman–Crippen LogP) is 1.93. The number of fused-ring (bicyclic) bond motifs is 3. The quantitative estimate of drug-likeness (QED) is 0.337. The van der Waals surface area contributed by atoms with Crippen molar-refractivity contribution in [1.82, 2.24) is 0 Å². The maximum atomic E-state index is 12.0. The zero-order chi connectivity index (χ0) is 20.0. The van der Waals surface area contributed by atoms with Gasteiger partial charge in [0.2, 0.25) is 0 Å². The number of ether oxygens (including phenoxy) is 4. The molecule has 0 N–H and O–H groups in total. The Morgan fingerprint density at radius 3 is 2.48 bits per heavy atom. The SMILES string of the molecule is CCC(C)C(=O)OCCOC(=O)CCC(=O)OC1CC2CCC1(C)OC2=O. The van der Waals surface area contributed by atoms with E-state index in [1.807, 2.05) is 6.92 Å². The molecule has 152 valence electrons. The van der Waals surface area contributed by atoms with E-state index >= 15 is 0 Å². The molecular weight excluding hydrogens is 356 g/mol. The van der Waals surface area contributed by atoms with Gasteiger partial charge >= 0.3 is 23.9 Å². The summed E-state index contributed by atoms with van der Waals surface area (Å²) in [5.74, 6) is -2.04. The van der Waals surface area contributed by atoms with E-state index in [1.54, 1.807) is 13.8 Å². The van der Waals surface area contributed by atoms with Crippen molar-refractivity contribution in [3.05, 3.63) is 0 Å². The van der Waals surface area contributed by atoms with Gasteiger partial charge in [-0.1, -0.05) is 13.8 Å². The molecule has 8 heteroatoms. The van der Waals surface area contributed by atoms with Crippen molar-refractivity contribution in [3.63, 3.8) is 0 Å². The molecule has 4 unspecified atom stereocenters. The van der Waals surface area contributed by atoms with Crippen LogP contribution in [0.1, 0.15) is 59.3 Å². The van der Waals surface area contributed by atoms with Gasteiger partial charge < -0.3 is 18.9 Å². The van der Waals surface area contributed by atoms with Gasteiger partial charge in [-0.25, -0.2) is 0 Å². The number of rotatable bonds is 9. The molecule has 0 spiro atoms. The van der Waals surface area contributed by atoms with Crippen LogP contribution in [-0.4, -0.2) is 48.8 Å². The first-order valence-corrected chi connectivity index (χ1v) is 9.49. The molecule has 3 rings (SSSR count). The summed E-state index contributed by atoms with van der Waals surface area (Å²) in [4.78, 5) is 46.8. The second-order valence-corrected chi connectivity index (χ2v) is 7.38. The van der Waals surface area contributed by atoms with Gasteiger partial charge in [-0.15, -0.1) is 0 Å². The second-order valence-electron chi connectivity index (χ2n) is 7.38. The van der Waals surface area contributed by atoms with Crippen LogP contribution in [0.2, 0.25) is 0 Å². The average molecular weight is 384 g/mol. The van der Waals surface area contributed by atoms with Crippen molar-refractivity contribution in [2.45, 2.75) is 71.0 Å². The molecule has 0 radical (unpaired) electrons. The van der Waals surface area contributed by atoms with Gasteiger partial charge in [0.1, 0.15) is 24.9 Å². The molecule has 1 saturated carbocycles. The first-order valence-electron chi connectivity index (χ1n) is 9.49. The third-order valence-electron chi connectivity index (χ3n) is 5.25. The number of esters is 4. The van der Waals surface area contributed by atoms with E-state index in [1.165, 1.54) is 0 Å². The van der Waals surface area contributed by atoms with Crippen molar-refractivity contribution in [1.29, 1.82) is 0 Å². The minimum atomic E-state index is -0.776. The van der Waals surface area contributed by atoms with Gasteiger partial charge in [0, 0.05) is 6.42 Å². The van der Waals surface area contributed by atoms with Gasteiger partial charge in [0.05, 0.1) is 24.7 Å². The van der Waals surface area contributed by atoms with Crippen LogP contribution < -0.4 is 0 Å². The van der Waals surface area contributed by atoms with E-state index in [-0.39, 0.29) is 49.8 Å². The molecule has 2 heterocycles. The zero-order valence-corrected chi connectivity index (χ0v) is 16.2. The molecule has 3 fully saturated rings. The normalized spacial score (nSPS) is 27.4. The minimum absolute atomic E-state index is 0.00740. The Morgan fingerprint density at radius 1 is 1.19 bits per heavy atom. The molecular formula is C19H28O8. The molecule has 2 bridgehead atoms. The van der Waals surface area contributed by atoms with E-state index in [0.717, 1.165) is 6.42 Å². The lowest BCUT2D eigenvalue weighted by Gasteiger charge is -2.47. The first kappa shape index (κ1) is 21.2. The molecule has 0 aromatic heterocycles. The van der Waals surface area contributed by atoms with Crippen LogP contribution in [-0.2, 0) is 38.1 Å². The Kier molecular flexibility index (Phi) is 7.21. The highest BCUT2D eigenvalue weighted by molar-refractivity contribution is 5.78. The number of hydrogen-bond acceptors (Lipinski definition) is 8. The molecule has 0 aromatic rings. The summed E-state index contributed by atoms with van der Waals surface area (Å²) in [6, 6.07) is 0. The van der Waals surface area contributed by atoms with E-state index < -0.39 is 23.6 Å². The maximum Gasteiger partial charge on any atom is 0.309 e. The zero-order valence-electron chi connectivity index (χ0n) is 16.2. The third kappa shape index (κ3) is 5.68. The van der Waals surface area contributed by atoms with Crippen LogP contribution in [0, 0.1) is 11.8 Å². The molecule has 2 aliphatic heterocycles. The highest BCUT2D eigenvalue weighted by Crippen LogP contribution is 2.43.